The third-order valence-electron chi connectivity index (χ3n) is 2.69. The van der Waals surface area contributed by atoms with E-state index in [4.69, 9.17) is 0 Å². The molecule has 0 saturated carbocycles. The molecule has 2 atom stereocenters. The maximum Gasteiger partial charge on any atom is 0.244 e. The zero-order chi connectivity index (χ0) is 16.5. The van der Waals surface area contributed by atoms with Crippen LogP contribution in [-0.2, 0) is 9.59 Å². The lowest BCUT2D eigenvalue weighted by molar-refractivity contribution is -0.125. The van der Waals surface area contributed by atoms with Crippen LogP contribution < -0.4 is 26.6 Å². The molecule has 7 heteroatoms. The summed E-state index contributed by atoms with van der Waals surface area (Å²) in [5.74, 6) is -0.344. The molecule has 122 valence electrons. The Kier molecular flexibility index (Phi) is 8.64. The Bertz CT molecular complexity index is 352. The van der Waals surface area contributed by atoms with Gasteiger partial charge in [-0.3, -0.25) is 9.59 Å². The fraction of sp³-hybridized carbons (Fsp3) is 0.714. The number of carbonyl (C=O) groups is 2. The van der Waals surface area contributed by atoms with Gasteiger partial charge in [0.1, 0.15) is 6.04 Å². The van der Waals surface area contributed by atoms with Gasteiger partial charge in [-0.2, -0.15) is 0 Å². The normalized spacial score (nSPS) is 14.0. The monoisotopic (exact) mass is 299 g/mol. The number of carbonyl (C=O) groups excluding carboxylic acids is 2. The van der Waals surface area contributed by atoms with E-state index < -0.39 is 6.04 Å². The second kappa shape index (κ2) is 9.36. The van der Waals surface area contributed by atoms with Crippen LogP contribution in [0.15, 0.2) is 12.8 Å². The second-order valence-electron chi connectivity index (χ2n) is 5.81. The van der Waals surface area contributed by atoms with Gasteiger partial charge in [-0.25, -0.2) is 0 Å². The van der Waals surface area contributed by atoms with E-state index in [0.717, 1.165) is 0 Å². The van der Waals surface area contributed by atoms with Gasteiger partial charge in [0.05, 0.1) is 6.04 Å². The highest BCUT2D eigenvalue weighted by atomic mass is 16.2. The largest absolute Gasteiger partial charge is 0.379 e. The molecule has 0 aliphatic heterocycles. The predicted octanol–water partition coefficient (Wildman–Crippen LogP) is -1.07. The van der Waals surface area contributed by atoms with Gasteiger partial charge in [0.2, 0.25) is 11.8 Å². The summed E-state index contributed by atoms with van der Waals surface area (Å²) in [7, 11) is 3.49. The summed E-state index contributed by atoms with van der Waals surface area (Å²) in [6.07, 6.45) is 1.45. The smallest absolute Gasteiger partial charge is 0.244 e. The lowest BCUT2D eigenvalue weighted by Gasteiger charge is -2.25. The van der Waals surface area contributed by atoms with Gasteiger partial charge in [0.25, 0.3) is 0 Å². The van der Waals surface area contributed by atoms with Gasteiger partial charge >= 0.3 is 0 Å². The van der Waals surface area contributed by atoms with Gasteiger partial charge in [-0.05, 0) is 41.1 Å². The Labute approximate surface area is 127 Å². The highest BCUT2D eigenvalue weighted by Gasteiger charge is 2.23. The van der Waals surface area contributed by atoms with Crippen LogP contribution in [-0.4, -0.2) is 56.6 Å². The minimum atomic E-state index is -0.558. The molecule has 0 unspecified atom stereocenters. The first-order chi connectivity index (χ1) is 9.75. The molecule has 0 aliphatic rings. The first-order valence-electron chi connectivity index (χ1n) is 7.03. The van der Waals surface area contributed by atoms with Crippen molar-refractivity contribution >= 4 is 11.8 Å². The number of rotatable bonds is 9. The highest BCUT2D eigenvalue weighted by molar-refractivity contribution is 5.85. The number of amides is 2. The lowest BCUT2D eigenvalue weighted by Crippen LogP contribution is -2.56. The third kappa shape index (κ3) is 8.31. The highest BCUT2D eigenvalue weighted by Crippen LogP contribution is 1.99. The van der Waals surface area contributed by atoms with Crippen LogP contribution in [0.3, 0.4) is 0 Å². The lowest BCUT2D eigenvalue weighted by atomic mass is 10.1. The van der Waals surface area contributed by atoms with Crippen molar-refractivity contribution in [2.45, 2.75) is 38.4 Å². The van der Waals surface area contributed by atoms with Crippen LogP contribution in [0.2, 0.25) is 0 Å². The van der Waals surface area contributed by atoms with Gasteiger partial charge in [0.15, 0.2) is 0 Å². The zero-order valence-electron chi connectivity index (χ0n) is 13.7. The third-order valence-corrected chi connectivity index (χ3v) is 2.69. The molecule has 0 aliphatic carbocycles. The molecule has 0 spiro atoms. The van der Waals surface area contributed by atoms with Crippen molar-refractivity contribution in [2.24, 2.45) is 0 Å². The van der Waals surface area contributed by atoms with E-state index in [9.17, 15) is 9.59 Å². The second-order valence-corrected chi connectivity index (χ2v) is 5.81. The summed E-state index contributed by atoms with van der Waals surface area (Å²) < 4.78 is 0. The molecule has 0 bridgehead atoms. The number of likely N-dealkylation sites (N-methyl/N-ethyl adjacent to an activating group) is 2. The van der Waals surface area contributed by atoms with Crippen LogP contribution in [0.5, 0.6) is 0 Å². The molecule has 0 radical (unpaired) electrons. The number of nitrogens with one attached hydrogen (secondary N) is 5. The van der Waals surface area contributed by atoms with E-state index in [-0.39, 0.29) is 29.9 Å². The van der Waals surface area contributed by atoms with E-state index in [2.05, 4.69) is 33.2 Å². The van der Waals surface area contributed by atoms with Crippen molar-refractivity contribution in [2.75, 3.05) is 27.2 Å². The van der Waals surface area contributed by atoms with Crippen molar-refractivity contribution in [1.82, 2.24) is 26.6 Å². The molecule has 0 fully saturated rings. The molecule has 0 saturated heterocycles. The van der Waals surface area contributed by atoms with Gasteiger partial charge < -0.3 is 26.6 Å². The molecule has 0 aromatic heterocycles. The summed E-state index contributed by atoms with van der Waals surface area (Å²) in [4.78, 5) is 24.1. The first kappa shape index (κ1) is 19.4. The van der Waals surface area contributed by atoms with Crippen molar-refractivity contribution in [3.05, 3.63) is 12.8 Å². The van der Waals surface area contributed by atoms with Gasteiger partial charge in [-0.15, -0.1) is 0 Å². The summed E-state index contributed by atoms with van der Waals surface area (Å²) in [6, 6.07) is -0.900. The summed E-state index contributed by atoms with van der Waals surface area (Å²) >= 11 is 0. The minimum absolute atomic E-state index is 0.161. The Balaban J connectivity index is 4.54. The predicted molar refractivity (Wildman–Crippen MR) is 84.8 cm³/mol. The number of hydrogen-bond acceptors (Lipinski definition) is 5. The molecule has 2 amide bonds. The van der Waals surface area contributed by atoms with Crippen molar-refractivity contribution < 1.29 is 9.59 Å². The fourth-order valence-corrected chi connectivity index (χ4v) is 1.68. The Morgan fingerprint density at radius 1 is 1.10 bits per heavy atom. The fourth-order valence-electron chi connectivity index (χ4n) is 1.68. The molecule has 0 aromatic rings. The summed E-state index contributed by atoms with van der Waals surface area (Å²) in [6.45, 7) is 9.96. The molecule has 0 aromatic carbocycles. The average molecular weight is 299 g/mol. The Hall–Kier alpha value is -1.60. The first-order valence-corrected chi connectivity index (χ1v) is 7.03. The number of hydrogen-bond donors (Lipinski definition) is 5. The van der Waals surface area contributed by atoms with E-state index in [1.165, 1.54) is 6.20 Å². The van der Waals surface area contributed by atoms with Crippen molar-refractivity contribution in [3.63, 3.8) is 0 Å². The van der Waals surface area contributed by atoms with Crippen molar-refractivity contribution in [1.29, 1.82) is 0 Å². The van der Waals surface area contributed by atoms with Crippen LogP contribution in [0.25, 0.3) is 0 Å². The topological polar surface area (TPSA) is 94.3 Å². The van der Waals surface area contributed by atoms with Crippen molar-refractivity contribution in [3.8, 4) is 0 Å². The molecule has 0 heterocycles. The van der Waals surface area contributed by atoms with Crippen LogP contribution >= 0.6 is 0 Å². The Morgan fingerprint density at radius 3 is 2.14 bits per heavy atom. The van der Waals surface area contributed by atoms with Crippen LogP contribution in [0.1, 0.15) is 20.8 Å². The molecular weight excluding hydrogens is 270 g/mol. The van der Waals surface area contributed by atoms with E-state index in [1.54, 1.807) is 14.1 Å². The minimum Gasteiger partial charge on any atom is -0.379 e. The molecule has 7 nitrogen and oxygen atoms in total. The van der Waals surface area contributed by atoms with E-state index in [0.29, 0.717) is 6.54 Å². The maximum atomic E-state index is 12.1. The summed E-state index contributed by atoms with van der Waals surface area (Å²) in [5.41, 5.74) is -0.332. The van der Waals surface area contributed by atoms with Crippen LogP contribution in [0, 0.1) is 0 Å². The summed E-state index contributed by atoms with van der Waals surface area (Å²) in [5, 5.41) is 14.3. The van der Waals surface area contributed by atoms with Crippen LogP contribution in [0.4, 0.5) is 0 Å². The Morgan fingerprint density at radius 2 is 1.71 bits per heavy atom. The standard InChI is InChI=1S/C14H29N5O2/c1-7-17-11(13(21)19-14(2,3)4)9-18-12(20)10(16-6)8-15-5/h7,10-11,15-17H,1,8-9H2,2-6H3,(H,18,20)(H,19,21)/t10-,11-/m0/s1. The SMILES string of the molecule is C=CN[C@@H](CNC(=O)[C@H](CNC)NC)C(=O)NC(C)(C)C. The zero-order valence-corrected chi connectivity index (χ0v) is 13.7. The molecule has 5 N–H and O–H groups in total. The quantitative estimate of drug-likeness (QED) is 0.374. The molecular formula is C14H29N5O2. The van der Waals surface area contributed by atoms with Gasteiger partial charge in [0, 0.05) is 18.6 Å². The average Bonchev–Trinajstić information content (AvgIpc) is 2.38. The molecule has 0 rings (SSSR count). The maximum absolute atomic E-state index is 12.1. The van der Waals surface area contributed by atoms with Gasteiger partial charge in [-0.1, -0.05) is 6.58 Å². The van der Waals surface area contributed by atoms with E-state index >= 15 is 0 Å². The molecule has 21 heavy (non-hydrogen) atoms. The van der Waals surface area contributed by atoms with E-state index in [1.807, 2.05) is 20.8 Å².